The Morgan fingerprint density at radius 2 is 2.20 bits per heavy atom. The molecule has 3 heteroatoms. The van der Waals surface area contributed by atoms with Gasteiger partial charge in [-0.05, 0) is 31.2 Å². The van der Waals surface area contributed by atoms with Crippen molar-refractivity contribution in [2.75, 3.05) is 6.54 Å². The van der Waals surface area contributed by atoms with E-state index in [1.807, 2.05) is 12.4 Å². The second-order valence-electron chi connectivity index (χ2n) is 5.94. The van der Waals surface area contributed by atoms with Crippen LogP contribution in [0.5, 0.6) is 0 Å². The lowest BCUT2D eigenvalue weighted by atomic mass is 9.75. The average molecular weight is 269 g/mol. The van der Waals surface area contributed by atoms with Crippen molar-refractivity contribution in [2.45, 2.75) is 38.1 Å². The number of nitrogens with zero attached hydrogens (tertiary/aromatic N) is 2. The van der Waals surface area contributed by atoms with Crippen LogP contribution in [-0.4, -0.2) is 22.1 Å². The van der Waals surface area contributed by atoms with Crippen molar-refractivity contribution in [3.05, 3.63) is 53.6 Å². The van der Waals surface area contributed by atoms with E-state index in [0.717, 1.165) is 24.7 Å². The highest BCUT2D eigenvalue weighted by Crippen LogP contribution is 2.36. The van der Waals surface area contributed by atoms with E-state index in [-0.39, 0.29) is 0 Å². The first-order valence-electron chi connectivity index (χ1n) is 7.48. The summed E-state index contributed by atoms with van der Waals surface area (Å²) < 4.78 is 2.10. The first kappa shape index (κ1) is 13.4. The lowest BCUT2D eigenvalue weighted by Crippen LogP contribution is -2.41. The molecule has 0 unspecified atom stereocenters. The highest BCUT2D eigenvalue weighted by molar-refractivity contribution is 5.27. The zero-order valence-corrected chi connectivity index (χ0v) is 12.3. The second-order valence-corrected chi connectivity index (χ2v) is 5.94. The van der Waals surface area contributed by atoms with E-state index < -0.39 is 0 Å². The molecule has 1 aromatic heterocycles. The summed E-state index contributed by atoms with van der Waals surface area (Å²) in [6.07, 6.45) is 7.42. The first-order valence-corrected chi connectivity index (χ1v) is 7.48. The fraction of sp³-hybridized carbons (Fsp3) is 0.471. The highest BCUT2D eigenvalue weighted by atomic mass is 15.0. The molecule has 0 radical (unpaired) electrons. The molecular weight excluding hydrogens is 246 g/mol. The normalized spacial score (nSPS) is 21.7. The van der Waals surface area contributed by atoms with Crippen LogP contribution in [0.1, 0.15) is 35.7 Å². The Bertz CT molecular complexity index is 567. The fourth-order valence-corrected chi connectivity index (χ4v) is 3.01. The van der Waals surface area contributed by atoms with E-state index >= 15 is 0 Å². The molecule has 1 saturated carbocycles. The van der Waals surface area contributed by atoms with Crippen LogP contribution in [0.25, 0.3) is 0 Å². The van der Waals surface area contributed by atoms with Crippen LogP contribution in [-0.2, 0) is 13.5 Å². The smallest absolute Gasteiger partial charge is 0.109 e. The summed E-state index contributed by atoms with van der Waals surface area (Å²) in [5, 5.41) is 3.65. The molecule has 106 valence electrons. The maximum atomic E-state index is 4.35. The summed E-state index contributed by atoms with van der Waals surface area (Å²) in [5.41, 5.74) is 2.88. The van der Waals surface area contributed by atoms with Gasteiger partial charge >= 0.3 is 0 Å². The molecule has 1 aromatic carbocycles. The quantitative estimate of drug-likeness (QED) is 0.904. The molecule has 20 heavy (non-hydrogen) atoms. The number of nitrogens with one attached hydrogen (secondary N) is 1. The van der Waals surface area contributed by atoms with Crippen LogP contribution < -0.4 is 5.32 Å². The van der Waals surface area contributed by atoms with E-state index in [1.165, 1.54) is 24.0 Å². The van der Waals surface area contributed by atoms with Gasteiger partial charge in [-0.2, -0.15) is 0 Å². The van der Waals surface area contributed by atoms with E-state index in [0.29, 0.717) is 6.04 Å². The van der Waals surface area contributed by atoms with Gasteiger partial charge in [-0.1, -0.05) is 29.8 Å². The monoisotopic (exact) mass is 269 g/mol. The highest BCUT2D eigenvalue weighted by Gasteiger charge is 2.29. The van der Waals surface area contributed by atoms with Crippen molar-refractivity contribution in [1.82, 2.24) is 14.9 Å². The Kier molecular flexibility index (Phi) is 3.88. The average Bonchev–Trinajstić information content (AvgIpc) is 2.78. The molecule has 0 aliphatic heterocycles. The zero-order chi connectivity index (χ0) is 13.9. The molecule has 3 rings (SSSR count). The van der Waals surface area contributed by atoms with Crippen molar-refractivity contribution in [3.63, 3.8) is 0 Å². The molecule has 1 N–H and O–H groups in total. The third-order valence-electron chi connectivity index (χ3n) is 4.35. The molecule has 0 atom stereocenters. The molecule has 0 bridgehead atoms. The Morgan fingerprint density at radius 3 is 2.90 bits per heavy atom. The molecular formula is C17H23N3. The van der Waals surface area contributed by atoms with Crippen molar-refractivity contribution in [3.8, 4) is 0 Å². The van der Waals surface area contributed by atoms with Crippen molar-refractivity contribution in [1.29, 1.82) is 0 Å². The molecule has 0 spiro atoms. The number of aryl methyl sites for hydroxylation is 2. The number of imidazole rings is 1. The summed E-state index contributed by atoms with van der Waals surface area (Å²) in [7, 11) is 2.06. The van der Waals surface area contributed by atoms with Gasteiger partial charge in [-0.15, -0.1) is 0 Å². The van der Waals surface area contributed by atoms with Crippen LogP contribution in [0.15, 0.2) is 36.7 Å². The molecule has 1 heterocycles. The molecule has 1 aliphatic carbocycles. The zero-order valence-electron chi connectivity index (χ0n) is 12.3. The standard InChI is InChI=1S/C17H23N3/c1-13-4-3-5-14(10-13)15-11-16(12-15)18-7-6-17-19-8-9-20(17)2/h3-5,8-10,15-16,18H,6-7,11-12H2,1-2H3. The summed E-state index contributed by atoms with van der Waals surface area (Å²) in [6, 6.07) is 9.62. The largest absolute Gasteiger partial charge is 0.338 e. The Balaban J connectivity index is 1.41. The van der Waals surface area contributed by atoms with Gasteiger partial charge < -0.3 is 9.88 Å². The van der Waals surface area contributed by atoms with Gasteiger partial charge in [0.1, 0.15) is 5.82 Å². The van der Waals surface area contributed by atoms with Gasteiger partial charge in [0.2, 0.25) is 0 Å². The van der Waals surface area contributed by atoms with Crippen molar-refractivity contribution < 1.29 is 0 Å². The van der Waals surface area contributed by atoms with Crippen LogP contribution in [0.4, 0.5) is 0 Å². The number of rotatable bonds is 5. The van der Waals surface area contributed by atoms with E-state index in [1.54, 1.807) is 0 Å². The fourth-order valence-electron chi connectivity index (χ4n) is 3.01. The minimum atomic E-state index is 0.681. The lowest BCUT2D eigenvalue weighted by molar-refractivity contribution is 0.292. The van der Waals surface area contributed by atoms with Crippen LogP contribution in [0.2, 0.25) is 0 Å². The lowest BCUT2D eigenvalue weighted by Gasteiger charge is -2.36. The van der Waals surface area contributed by atoms with Crippen LogP contribution in [0, 0.1) is 6.92 Å². The molecule has 0 amide bonds. The Morgan fingerprint density at radius 1 is 1.35 bits per heavy atom. The SMILES string of the molecule is Cc1cccc(C2CC(NCCc3nccn3C)C2)c1. The summed E-state index contributed by atoms with van der Waals surface area (Å²) in [6.45, 7) is 3.20. The first-order chi connectivity index (χ1) is 9.72. The van der Waals surface area contributed by atoms with Gasteiger partial charge in [0, 0.05) is 38.4 Å². The van der Waals surface area contributed by atoms with Gasteiger partial charge in [-0.25, -0.2) is 4.98 Å². The predicted molar refractivity (Wildman–Crippen MR) is 81.9 cm³/mol. The summed E-state index contributed by atoms with van der Waals surface area (Å²) in [5.74, 6) is 1.91. The van der Waals surface area contributed by atoms with E-state index in [4.69, 9.17) is 0 Å². The number of benzene rings is 1. The third-order valence-corrected chi connectivity index (χ3v) is 4.35. The van der Waals surface area contributed by atoms with Gasteiger partial charge in [0.05, 0.1) is 0 Å². The minimum Gasteiger partial charge on any atom is -0.338 e. The predicted octanol–water partition coefficient (Wildman–Crippen LogP) is 2.81. The third kappa shape index (κ3) is 2.93. The molecule has 2 aromatic rings. The van der Waals surface area contributed by atoms with E-state index in [2.05, 4.69) is 53.1 Å². The maximum Gasteiger partial charge on any atom is 0.109 e. The maximum absolute atomic E-state index is 4.35. The summed E-state index contributed by atoms with van der Waals surface area (Å²) in [4.78, 5) is 4.35. The molecule has 1 aliphatic rings. The van der Waals surface area contributed by atoms with Crippen LogP contribution >= 0.6 is 0 Å². The van der Waals surface area contributed by atoms with Gasteiger partial charge in [-0.3, -0.25) is 0 Å². The summed E-state index contributed by atoms with van der Waals surface area (Å²) >= 11 is 0. The molecule has 3 nitrogen and oxygen atoms in total. The Hall–Kier alpha value is -1.61. The Labute approximate surface area is 121 Å². The van der Waals surface area contributed by atoms with Gasteiger partial charge in [0.25, 0.3) is 0 Å². The van der Waals surface area contributed by atoms with Crippen LogP contribution in [0.3, 0.4) is 0 Å². The number of hydrogen-bond donors (Lipinski definition) is 1. The van der Waals surface area contributed by atoms with Crippen molar-refractivity contribution in [2.24, 2.45) is 7.05 Å². The number of aromatic nitrogens is 2. The topological polar surface area (TPSA) is 29.9 Å². The minimum absolute atomic E-state index is 0.681. The molecule has 0 saturated heterocycles. The second kappa shape index (κ2) is 5.80. The van der Waals surface area contributed by atoms with Crippen molar-refractivity contribution >= 4 is 0 Å². The van der Waals surface area contributed by atoms with E-state index in [9.17, 15) is 0 Å². The molecule has 1 fully saturated rings. The van der Waals surface area contributed by atoms with Gasteiger partial charge in [0.15, 0.2) is 0 Å². The number of hydrogen-bond acceptors (Lipinski definition) is 2.